The highest BCUT2D eigenvalue weighted by Crippen LogP contribution is 2.40. The van der Waals surface area contributed by atoms with Crippen molar-refractivity contribution in [1.29, 1.82) is 0 Å². The van der Waals surface area contributed by atoms with Crippen molar-refractivity contribution in [2.75, 3.05) is 11.9 Å². The van der Waals surface area contributed by atoms with Gasteiger partial charge in [0.05, 0.1) is 17.1 Å². The summed E-state index contributed by atoms with van der Waals surface area (Å²) in [6.07, 6.45) is 1.08. The van der Waals surface area contributed by atoms with Crippen LogP contribution >= 0.6 is 0 Å². The summed E-state index contributed by atoms with van der Waals surface area (Å²) in [6, 6.07) is 5.14. The average molecular weight is 263 g/mol. The minimum Gasteiger partial charge on any atom is -0.376 e. The first-order valence-corrected chi connectivity index (χ1v) is 6.46. The number of nitro groups is 1. The lowest BCUT2D eigenvalue weighted by atomic mass is 9.72. The van der Waals surface area contributed by atoms with Crippen LogP contribution < -0.4 is 11.1 Å². The van der Waals surface area contributed by atoms with Crippen LogP contribution in [0.1, 0.15) is 12.0 Å². The van der Waals surface area contributed by atoms with Crippen LogP contribution in [0.3, 0.4) is 0 Å². The summed E-state index contributed by atoms with van der Waals surface area (Å²) in [4.78, 5) is 10.7. The van der Waals surface area contributed by atoms with Crippen molar-refractivity contribution in [2.45, 2.75) is 31.5 Å². The molecule has 0 spiro atoms. The van der Waals surface area contributed by atoms with E-state index in [2.05, 4.69) is 5.32 Å². The Bertz CT molecular complexity index is 520. The summed E-state index contributed by atoms with van der Waals surface area (Å²) in [7, 11) is 0. The van der Waals surface area contributed by atoms with E-state index in [1.807, 2.05) is 13.0 Å². The molecule has 19 heavy (non-hydrogen) atoms. The third kappa shape index (κ3) is 1.97. The largest absolute Gasteiger partial charge is 0.376 e. The molecule has 4 unspecified atom stereocenters. The van der Waals surface area contributed by atoms with E-state index in [1.165, 1.54) is 0 Å². The van der Waals surface area contributed by atoms with Crippen LogP contribution in [-0.2, 0) is 4.74 Å². The zero-order valence-corrected chi connectivity index (χ0v) is 10.7. The molecule has 0 bridgehead atoms. The highest BCUT2D eigenvalue weighted by atomic mass is 16.6. The van der Waals surface area contributed by atoms with Crippen LogP contribution in [0.4, 0.5) is 11.4 Å². The van der Waals surface area contributed by atoms with Crippen molar-refractivity contribution >= 4 is 11.4 Å². The first kappa shape index (κ1) is 12.4. The monoisotopic (exact) mass is 263 g/mol. The number of anilines is 1. The number of aryl methyl sites for hydroxylation is 1. The molecule has 4 atom stereocenters. The van der Waals surface area contributed by atoms with Crippen molar-refractivity contribution in [3.63, 3.8) is 0 Å². The van der Waals surface area contributed by atoms with E-state index in [-0.39, 0.29) is 28.8 Å². The van der Waals surface area contributed by atoms with Gasteiger partial charge in [-0.25, -0.2) is 0 Å². The van der Waals surface area contributed by atoms with Gasteiger partial charge in [-0.2, -0.15) is 0 Å². The Hall–Kier alpha value is -1.66. The quantitative estimate of drug-likeness (QED) is 0.636. The van der Waals surface area contributed by atoms with Crippen LogP contribution in [-0.4, -0.2) is 29.7 Å². The molecule has 0 aromatic heterocycles. The first-order valence-electron chi connectivity index (χ1n) is 6.46. The number of nitro benzene ring substituents is 1. The smallest absolute Gasteiger partial charge is 0.292 e. The molecule has 2 aliphatic rings. The summed E-state index contributed by atoms with van der Waals surface area (Å²) in [5.74, 6) is 0.391. The maximum absolute atomic E-state index is 11.1. The number of nitrogens with zero attached hydrogens (tertiary/aromatic N) is 1. The van der Waals surface area contributed by atoms with Gasteiger partial charge >= 0.3 is 0 Å². The number of fused-ring (bicyclic) bond motifs is 1. The lowest BCUT2D eigenvalue weighted by Crippen LogP contribution is -2.65. The number of benzene rings is 1. The second-order valence-corrected chi connectivity index (χ2v) is 5.31. The lowest BCUT2D eigenvalue weighted by Gasteiger charge is -2.46. The molecule has 1 saturated heterocycles. The molecule has 6 heteroatoms. The molecule has 1 aliphatic heterocycles. The van der Waals surface area contributed by atoms with Crippen LogP contribution in [0.15, 0.2) is 18.2 Å². The predicted molar refractivity (Wildman–Crippen MR) is 71.1 cm³/mol. The third-order valence-electron chi connectivity index (χ3n) is 4.12. The minimum absolute atomic E-state index is 0.00778. The van der Waals surface area contributed by atoms with Crippen molar-refractivity contribution in [3.8, 4) is 0 Å². The molecule has 1 aromatic carbocycles. The van der Waals surface area contributed by atoms with E-state index < -0.39 is 0 Å². The molecule has 1 aliphatic carbocycles. The lowest BCUT2D eigenvalue weighted by molar-refractivity contribution is -0.384. The fourth-order valence-corrected chi connectivity index (χ4v) is 3.02. The van der Waals surface area contributed by atoms with Gasteiger partial charge in [-0.15, -0.1) is 0 Å². The van der Waals surface area contributed by atoms with Gasteiger partial charge in [0.1, 0.15) is 5.69 Å². The Labute approximate surface area is 111 Å². The minimum atomic E-state index is -0.369. The summed E-state index contributed by atoms with van der Waals surface area (Å²) in [5.41, 5.74) is 7.58. The number of rotatable bonds is 3. The number of hydrogen-bond donors (Lipinski definition) is 2. The zero-order chi connectivity index (χ0) is 13.6. The van der Waals surface area contributed by atoms with Gasteiger partial charge in [-0.1, -0.05) is 6.07 Å². The molecular formula is C13H17N3O3. The van der Waals surface area contributed by atoms with Crippen molar-refractivity contribution < 1.29 is 9.66 Å². The summed E-state index contributed by atoms with van der Waals surface area (Å²) < 4.78 is 5.62. The molecule has 0 amide bonds. The summed E-state index contributed by atoms with van der Waals surface area (Å²) in [5, 5.41) is 14.3. The molecular weight excluding hydrogens is 246 g/mol. The third-order valence-corrected chi connectivity index (χ3v) is 4.12. The molecule has 0 radical (unpaired) electrons. The Morgan fingerprint density at radius 1 is 1.53 bits per heavy atom. The van der Waals surface area contributed by atoms with Crippen LogP contribution in [0.5, 0.6) is 0 Å². The van der Waals surface area contributed by atoms with Gasteiger partial charge in [-0.05, 0) is 25.0 Å². The Morgan fingerprint density at radius 2 is 2.32 bits per heavy atom. The molecule has 1 heterocycles. The van der Waals surface area contributed by atoms with Gasteiger partial charge in [-0.3, -0.25) is 10.1 Å². The van der Waals surface area contributed by atoms with Crippen LogP contribution in [0.25, 0.3) is 0 Å². The van der Waals surface area contributed by atoms with Gasteiger partial charge < -0.3 is 15.8 Å². The van der Waals surface area contributed by atoms with E-state index in [0.717, 1.165) is 18.6 Å². The SMILES string of the molecule is Cc1ccc(NC2C(N)C3CCOC32)c([N+](=O)[O-])c1. The second kappa shape index (κ2) is 4.47. The predicted octanol–water partition coefficient (Wildman–Crippen LogP) is 1.43. The second-order valence-electron chi connectivity index (χ2n) is 5.31. The van der Waals surface area contributed by atoms with Crippen molar-refractivity contribution in [2.24, 2.45) is 11.7 Å². The fraction of sp³-hybridized carbons (Fsp3) is 0.538. The van der Waals surface area contributed by atoms with Crippen LogP contribution in [0, 0.1) is 23.0 Å². The van der Waals surface area contributed by atoms with E-state index in [9.17, 15) is 10.1 Å². The average Bonchev–Trinajstić information content (AvgIpc) is 2.81. The molecule has 1 aromatic rings. The molecule has 2 fully saturated rings. The van der Waals surface area contributed by atoms with Gasteiger partial charge in [0.2, 0.25) is 0 Å². The van der Waals surface area contributed by atoms with Gasteiger partial charge in [0.25, 0.3) is 5.69 Å². The van der Waals surface area contributed by atoms with E-state index in [4.69, 9.17) is 10.5 Å². The maximum Gasteiger partial charge on any atom is 0.292 e. The normalized spacial score (nSPS) is 32.5. The number of nitrogens with two attached hydrogens (primary N) is 1. The van der Waals surface area contributed by atoms with Gasteiger partial charge in [0, 0.05) is 24.6 Å². The molecule has 3 rings (SSSR count). The zero-order valence-electron chi connectivity index (χ0n) is 10.7. The maximum atomic E-state index is 11.1. The van der Waals surface area contributed by atoms with E-state index in [0.29, 0.717) is 11.6 Å². The summed E-state index contributed by atoms with van der Waals surface area (Å²) in [6.45, 7) is 2.57. The standard InChI is InChI=1S/C13H17N3O3/c1-7-2-3-9(10(6-7)16(17)18)15-12-11(14)8-4-5-19-13(8)12/h2-3,6,8,11-13,15H,4-5,14H2,1H3. The Balaban J connectivity index is 1.82. The fourth-order valence-electron chi connectivity index (χ4n) is 3.02. The molecule has 102 valence electrons. The number of nitrogens with one attached hydrogen (secondary N) is 1. The first-order chi connectivity index (χ1) is 9.08. The topological polar surface area (TPSA) is 90.4 Å². The Morgan fingerprint density at radius 3 is 3.05 bits per heavy atom. The highest BCUT2D eigenvalue weighted by Gasteiger charge is 2.52. The van der Waals surface area contributed by atoms with Gasteiger partial charge in [0.15, 0.2) is 0 Å². The molecule has 1 saturated carbocycles. The van der Waals surface area contributed by atoms with Crippen molar-refractivity contribution in [1.82, 2.24) is 0 Å². The Kier molecular flexibility index (Phi) is 2.91. The summed E-state index contributed by atoms with van der Waals surface area (Å²) >= 11 is 0. The van der Waals surface area contributed by atoms with Crippen molar-refractivity contribution in [3.05, 3.63) is 33.9 Å². The number of ether oxygens (including phenoxy) is 1. The molecule has 3 N–H and O–H groups in total. The van der Waals surface area contributed by atoms with Crippen LogP contribution in [0.2, 0.25) is 0 Å². The highest BCUT2D eigenvalue weighted by molar-refractivity contribution is 5.63. The number of hydrogen-bond acceptors (Lipinski definition) is 5. The van der Waals surface area contributed by atoms with E-state index in [1.54, 1.807) is 12.1 Å². The molecule has 6 nitrogen and oxygen atoms in total. The van der Waals surface area contributed by atoms with E-state index >= 15 is 0 Å².